The van der Waals surface area contributed by atoms with Gasteiger partial charge in [0.1, 0.15) is 0 Å². The van der Waals surface area contributed by atoms with Crippen LogP contribution in [0.15, 0.2) is 18.2 Å². The molecule has 4 N–H and O–H groups in total. The van der Waals surface area contributed by atoms with E-state index in [0.717, 1.165) is 38.2 Å². The molecule has 19 heavy (non-hydrogen) atoms. The van der Waals surface area contributed by atoms with Gasteiger partial charge in [0.05, 0.1) is 5.69 Å². The first kappa shape index (κ1) is 14.4. The lowest BCUT2D eigenvalue weighted by Crippen LogP contribution is -2.39. The number of nitrogens with zero attached hydrogens (tertiary/aromatic N) is 1. The summed E-state index contributed by atoms with van der Waals surface area (Å²) in [6.45, 7) is 0. The molecule has 7 heteroatoms. The van der Waals surface area contributed by atoms with E-state index in [1.54, 1.807) is 0 Å². The zero-order chi connectivity index (χ0) is 14.0. The zero-order valence-corrected chi connectivity index (χ0v) is 11.5. The average Bonchev–Trinajstić information content (AvgIpc) is 2.35. The molecule has 0 heterocycles. The van der Waals surface area contributed by atoms with Crippen molar-refractivity contribution in [3.05, 3.63) is 29.8 Å². The summed E-state index contributed by atoms with van der Waals surface area (Å²) in [5, 5.41) is 0. The summed E-state index contributed by atoms with van der Waals surface area (Å²) < 4.78 is 40.5. The van der Waals surface area contributed by atoms with Gasteiger partial charge in [0.15, 0.2) is 11.6 Å². The van der Waals surface area contributed by atoms with Crippen LogP contribution in [0, 0.1) is 11.6 Å². The van der Waals surface area contributed by atoms with Gasteiger partial charge in [0.25, 0.3) is 0 Å². The van der Waals surface area contributed by atoms with Crippen molar-refractivity contribution in [2.24, 2.45) is 11.0 Å². The summed E-state index contributed by atoms with van der Waals surface area (Å²) in [5.41, 5.74) is 11.0. The predicted molar refractivity (Wildman–Crippen MR) is 71.7 cm³/mol. The molecule has 0 unspecified atom stereocenters. The summed E-state index contributed by atoms with van der Waals surface area (Å²) in [7, 11) is -3.69. The van der Waals surface area contributed by atoms with E-state index < -0.39 is 19.2 Å². The summed E-state index contributed by atoms with van der Waals surface area (Å²) in [6, 6.07) is 3.53. The van der Waals surface area contributed by atoms with Gasteiger partial charge >= 0.3 is 7.59 Å². The van der Waals surface area contributed by atoms with Gasteiger partial charge in [-0.25, -0.2) is 8.78 Å². The standard InChI is InChI=1S/C12H18F2N3OP/c13-10-7-4-8-11(12(10)14)17(19(15,16)18)9-5-2-1-3-6-9/h4,7-9H,1-3,5-6H2,(H4,15,16,18). The molecule has 1 fully saturated rings. The number of nitrogens with two attached hydrogens (primary N) is 2. The minimum atomic E-state index is -3.69. The Morgan fingerprint density at radius 1 is 1.16 bits per heavy atom. The molecule has 0 saturated heterocycles. The molecule has 0 aliphatic heterocycles. The fraction of sp³-hybridized carbons (Fsp3) is 0.500. The Kier molecular flexibility index (Phi) is 4.23. The maximum absolute atomic E-state index is 13.9. The number of hydrogen-bond donors (Lipinski definition) is 2. The smallest absolute Gasteiger partial charge is 0.294 e. The van der Waals surface area contributed by atoms with Crippen LogP contribution >= 0.6 is 7.59 Å². The van der Waals surface area contributed by atoms with Gasteiger partial charge in [0.2, 0.25) is 0 Å². The molecular formula is C12H18F2N3OP. The Morgan fingerprint density at radius 2 is 1.79 bits per heavy atom. The van der Waals surface area contributed by atoms with Crippen molar-refractivity contribution in [1.82, 2.24) is 0 Å². The normalized spacial score (nSPS) is 17.5. The molecule has 0 bridgehead atoms. The Hall–Kier alpha value is -0.970. The lowest BCUT2D eigenvalue weighted by molar-refractivity contribution is 0.432. The Balaban J connectivity index is 2.43. The molecule has 0 aromatic heterocycles. The maximum Gasteiger partial charge on any atom is 0.300 e. The van der Waals surface area contributed by atoms with Gasteiger partial charge in [-0.15, -0.1) is 0 Å². The van der Waals surface area contributed by atoms with E-state index in [1.165, 1.54) is 16.8 Å². The van der Waals surface area contributed by atoms with Crippen molar-refractivity contribution in [3.8, 4) is 0 Å². The molecule has 106 valence electrons. The van der Waals surface area contributed by atoms with E-state index in [2.05, 4.69) is 0 Å². The topological polar surface area (TPSA) is 72.3 Å². The highest BCUT2D eigenvalue weighted by atomic mass is 31.2. The van der Waals surface area contributed by atoms with Gasteiger partial charge in [-0.2, -0.15) is 0 Å². The van der Waals surface area contributed by atoms with Crippen molar-refractivity contribution < 1.29 is 13.3 Å². The zero-order valence-electron chi connectivity index (χ0n) is 10.6. The summed E-state index contributed by atoms with van der Waals surface area (Å²) in [5.74, 6) is -2.05. The van der Waals surface area contributed by atoms with Crippen molar-refractivity contribution >= 4 is 13.3 Å². The third-order valence-corrected chi connectivity index (χ3v) is 4.65. The fourth-order valence-electron chi connectivity index (χ4n) is 2.62. The van der Waals surface area contributed by atoms with Crippen LogP contribution in [-0.4, -0.2) is 6.04 Å². The van der Waals surface area contributed by atoms with Crippen LogP contribution in [0.3, 0.4) is 0 Å². The number of hydrogen-bond acceptors (Lipinski definition) is 1. The summed E-state index contributed by atoms with van der Waals surface area (Å²) in [6.07, 6.45) is 4.42. The van der Waals surface area contributed by atoms with Gasteiger partial charge in [0, 0.05) is 6.04 Å². The third kappa shape index (κ3) is 3.14. The molecule has 0 amide bonds. The van der Waals surface area contributed by atoms with Crippen LogP contribution in [0.25, 0.3) is 0 Å². The van der Waals surface area contributed by atoms with E-state index in [4.69, 9.17) is 11.0 Å². The highest BCUT2D eigenvalue weighted by molar-refractivity contribution is 7.60. The lowest BCUT2D eigenvalue weighted by Gasteiger charge is -2.37. The molecule has 1 aromatic rings. The molecule has 2 rings (SSSR count). The minimum absolute atomic E-state index is 0.111. The van der Waals surface area contributed by atoms with Crippen LogP contribution in [0.1, 0.15) is 32.1 Å². The Labute approximate surface area is 111 Å². The van der Waals surface area contributed by atoms with Crippen molar-refractivity contribution in [1.29, 1.82) is 0 Å². The van der Waals surface area contributed by atoms with Crippen molar-refractivity contribution in [2.45, 2.75) is 38.1 Å². The molecule has 1 aromatic carbocycles. The molecular weight excluding hydrogens is 271 g/mol. The molecule has 1 aliphatic rings. The molecule has 0 atom stereocenters. The molecule has 1 aliphatic carbocycles. The largest absolute Gasteiger partial charge is 0.300 e. The first-order chi connectivity index (χ1) is 8.91. The van der Waals surface area contributed by atoms with Gasteiger partial charge in [-0.1, -0.05) is 25.3 Å². The third-order valence-electron chi connectivity index (χ3n) is 3.44. The Bertz CT molecular complexity index is 500. The number of anilines is 1. The van der Waals surface area contributed by atoms with Crippen LogP contribution in [0.5, 0.6) is 0 Å². The monoisotopic (exact) mass is 289 g/mol. The highest BCUT2D eigenvalue weighted by Gasteiger charge is 2.33. The maximum atomic E-state index is 13.9. The number of rotatable bonds is 3. The molecule has 0 radical (unpaired) electrons. The molecule has 0 spiro atoms. The second-order valence-electron chi connectivity index (χ2n) is 4.88. The van der Waals surface area contributed by atoms with Crippen LogP contribution in [0.2, 0.25) is 0 Å². The first-order valence-electron chi connectivity index (χ1n) is 6.32. The van der Waals surface area contributed by atoms with Crippen LogP contribution < -0.4 is 15.7 Å². The van der Waals surface area contributed by atoms with E-state index in [0.29, 0.717) is 0 Å². The number of halogens is 2. The predicted octanol–water partition coefficient (Wildman–Crippen LogP) is 3.13. The van der Waals surface area contributed by atoms with Crippen LogP contribution in [-0.2, 0) is 4.57 Å². The van der Waals surface area contributed by atoms with Gasteiger partial charge in [-0.05, 0) is 25.0 Å². The SMILES string of the molecule is NP(N)(=O)N(c1cccc(F)c1F)C1CCCCC1. The second kappa shape index (κ2) is 5.57. The van der Waals surface area contributed by atoms with Crippen molar-refractivity contribution in [2.75, 3.05) is 4.67 Å². The lowest BCUT2D eigenvalue weighted by atomic mass is 9.95. The van der Waals surface area contributed by atoms with E-state index in [-0.39, 0.29) is 11.7 Å². The highest BCUT2D eigenvalue weighted by Crippen LogP contribution is 2.44. The van der Waals surface area contributed by atoms with Gasteiger partial charge < -0.3 is 0 Å². The molecule has 1 saturated carbocycles. The average molecular weight is 289 g/mol. The summed E-state index contributed by atoms with van der Waals surface area (Å²) in [4.78, 5) is 0. The van der Waals surface area contributed by atoms with E-state index >= 15 is 0 Å². The van der Waals surface area contributed by atoms with E-state index in [9.17, 15) is 13.3 Å². The number of benzene rings is 1. The second-order valence-corrected chi connectivity index (χ2v) is 6.66. The Morgan fingerprint density at radius 3 is 2.37 bits per heavy atom. The van der Waals surface area contributed by atoms with Crippen LogP contribution in [0.4, 0.5) is 14.5 Å². The van der Waals surface area contributed by atoms with Gasteiger partial charge in [-0.3, -0.25) is 20.2 Å². The molecule has 4 nitrogen and oxygen atoms in total. The van der Waals surface area contributed by atoms with E-state index in [1.807, 2.05) is 0 Å². The fourth-order valence-corrected chi connectivity index (χ4v) is 3.85. The first-order valence-corrected chi connectivity index (χ1v) is 8.12. The quantitative estimate of drug-likeness (QED) is 0.838. The van der Waals surface area contributed by atoms with Crippen molar-refractivity contribution in [3.63, 3.8) is 0 Å². The minimum Gasteiger partial charge on any atom is -0.294 e. The summed E-state index contributed by atoms with van der Waals surface area (Å²) >= 11 is 0.